The Hall–Kier alpha value is -1.27. The zero-order valence-corrected chi connectivity index (χ0v) is 12.3. The minimum Gasteiger partial charge on any atom is -0.494 e. The zero-order chi connectivity index (χ0) is 14.1. The van der Waals surface area contributed by atoms with Crippen molar-refractivity contribution < 1.29 is 13.2 Å². The molecule has 5 nitrogen and oxygen atoms in total. The summed E-state index contributed by atoms with van der Waals surface area (Å²) < 4.78 is 31.5. The molecule has 0 spiro atoms. The lowest BCUT2D eigenvalue weighted by Gasteiger charge is -2.09. The summed E-state index contributed by atoms with van der Waals surface area (Å²) in [5.74, 6) is 0.876. The van der Waals surface area contributed by atoms with Crippen LogP contribution in [0.5, 0.6) is 5.75 Å². The third-order valence-corrected chi connectivity index (χ3v) is 3.90. The highest BCUT2D eigenvalue weighted by molar-refractivity contribution is 7.92. The number of hydrogen-bond acceptors (Lipinski definition) is 4. The summed E-state index contributed by atoms with van der Waals surface area (Å²) in [6, 6.07) is 6.91. The number of nitrogens with one attached hydrogen (secondary N) is 2. The number of ether oxygens (including phenoxy) is 1. The van der Waals surface area contributed by atoms with E-state index in [2.05, 4.69) is 10.0 Å². The largest absolute Gasteiger partial charge is 0.494 e. The number of unbranched alkanes of at least 4 members (excludes halogenated alkanes) is 1. The summed E-state index contributed by atoms with van der Waals surface area (Å²) in [5, 5.41) is 2.99. The molecule has 0 heterocycles. The molecule has 0 atom stereocenters. The van der Waals surface area contributed by atoms with Crippen LogP contribution in [0.1, 0.15) is 19.8 Å². The van der Waals surface area contributed by atoms with Crippen molar-refractivity contribution in [1.29, 1.82) is 0 Å². The Morgan fingerprint density at radius 3 is 2.42 bits per heavy atom. The van der Waals surface area contributed by atoms with Crippen LogP contribution in [0.2, 0.25) is 0 Å². The highest BCUT2D eigenvalue weighted by atomic mass is 32.2. The van der Waals surface area contributed by atoms with Gasteiger partial charge in [-0.15, -0.1) is 0 Å². The number of sulfonamides is 1. The summed E-state index contributed by atoms with van der Waals surface area (Å²) in [6.45, 7) is 3.33. The topological polar surface area (TPSA) is 67.4 Å². The number of hydrogen-bond donors (Lipinski definition) is 2. The van der Waals surface area contributed by atoms with E-state index < -0.39 is 10.0 Å². The van der Waals surface area contributed by atoms with E-state index in [-0.39, 0.29) is 5.75 Å². The van der Waals surface area contributed by atoms with Gasteiger partial charge in [-0.2, -0.15) is 0 Å². The van der Waals surface area contributed by atoms with Gasteiger partial charge in [0.05, 0.1) is 12.4 Å². The Balaban J connectivity index is 2.48. The minimum absolute atomic E-state index is 0.141. The van der Waals surface area contributed by atoms with Crippen molar-refractivity contribution >= 4 is 15.7 Å². The van der Waals surface area contributed by atoms with Gasteiger partial charge in [0, 0.05) is 5.69 Å². The Bertz CT molecular complexity index is 457. The van der Waals surface area contributed by atoms with Crippen LogP contribution < -0.4 is 14.8 Å². The SMILES string of the molecule is CCOc1ccc(NS(=O)(=O)CCCCNC)cc1. The maximum absolute atomic E-state index is 11.8. The standard InChI is InChI=1S/C13H22N2O3S/c1-3-18-13-8-6-12(7-9-13)15-19(16,17)11-5-4-10-14-2/h6-9,14-15H,3-5,10-11H2,1-2H3. The normalized spacial score (nSPS) is 11.3. The summed E-state index contributed by atoms with van der Waals surface area (Å²) >= 11 is 0. The predicted molar refractivity (Wildman–Crippen MR) is 78.2 cm³/mol. The second-order valence-electron chi connectivity index (χ2n) is 4.19. The second-order valence-corrected chi connectivity index (χ2v) is 6.03. The van der Waals surface area contributed by atoms with E-state index in [1.807, 2.05) is 14.0 Å². The van der Waals surface area contributed by atoms with Gasteiger partial charge >= 0.3 is 0 Å². The first kappa shape index (κ1) is 15.8. The smallest absolute Gasteiger partial charge is 0.232 e. The maximum atomic E-state index is 11.8. The lowest BCUT2D eigenvalue weighted by atomic mass is 10.3. The molecule has 0 saturated heterocycles. The molecule has 0 fully saturated rings. The summed E-state index contributed by atoms with van der Waals surface area (Å²) in [7, 11) is -1.40. The third-order valence-electron chi connectivity index (χ3n) is 2.53. The van der Waals surface area contributed by atoms with E-state index in [4.69, 9.17) is 4.74 Å². The Morgan fingerprint density at radius 2 is 1.84 bits per heavy atom. The van der Waals surface area contributed by atoms with Gasteiger partial charge < -0.3 is 10.1 Å². The van der Waals surface area contributed by atoms with E-state index in [1.54, 1.807) is 24.3 Å². The first-order valence-corrected chi connectivity index (χ1v) is 8.10. The monoisotopic (exact) mass is 286 g/mol. The number of benzene rings is 1. The van der Waals surface area contributed by atoms with Crippen LogP contribution >= 0.6 is 0 Å². The minimum atomic E-state index is -3.26. The Morgan fingerprint density at radius 1 is 1.16 bits per heavy atom. The van der Waals surface area contributed by atoms with Crippen LogP contribution in [-0.2, 0) is 10.0 Å². The van der Waals surface area contributed by atoms with E-state index >= 15 is 0 Å². The fourth-order valence-electron chi connectivity index (χ4n) is 1.61. The molecular formula is C13H22N2O3S. The lowest BCUT2D eigenvalue weighted by Crippen LogP contribution is -2.18. The first-order valence-electron chi connectivity index (χ1n) is 6.45. The molecule has 19 heavy (non-hydrogen) atoms. The van der Waals surface area contributed by atoms with Crippen molar-refractivity contribution in [3.63, 3.8) is 0 Å². The average molecular weight is 286 g/mol. The van der Waals surface area contributed by atoms with E-state index in [9.17, 15) is 8.42 Å². The van der Waals surface area contributed by atoms with Gasteiger partial charge in [-0.1, -0.05) is 0 Å². The molecular weight excluding hydrogens is 264 g/mol. The van der Waals surface area contributed by atoms with Gasteiger partial charge in [0.15, 0.2) is 0 Å². The molecule has 2 N–H and O–H groups in total. The van der Waals surface area contributed by atoms with Crippen LogP contribution in [0.4, 0.5) is 5.69 Å². The van der Waals surface area contributed by atoms with Gasteiger partial charge in [0.1, 0.15) is 5.75 Å². The molecule has 0 unspecified atom stereocenters. The molecule has 1 aromatic rings. The molecule has 0 aliphatic carbocycles. The van der Waals surface area contributed by atoms with Crippen molar-refractivity contribution in [3.05, 3.63) is 24.3 Å². The fourth-order valence-corrected chi connectivity index (χ4v) is 2.79. The molecule has 108 valence electrons. The molecule has 0 aliphatic rings. The summed E-state index contributed by atoms with van der Waals surface area (Å²) in [5.41, 5.74) is 0.567. The van der Waals surface area contributed by atoms with Crippen LogP contribution in [0.3, 0.4) is 0 Å². The van der Waals surface area contributed by atoms with Crippen LogP contribution in [0.15, 0.2) is 24.3 Å². The Kier molecular flexibility index (Phi) is 6.66. The van der Waals surface area contributed by atoms with E-state index in [0.29, 0.717) is 18.7 Å². The molecule has 6 heteroatoms. The number of rotatable bonds is 9. The highest BCUT2D eigenvalue weighted by Crippen LogP contribution is 2.16. The molecule has 0 aromatic heterocycles. The van der Waals surface area contributed by atoms with Gasteiger partial charge in [-0.05, 0) is 57.6 Å². The quantitative estimate of drug-likeness (QED) is 0.680. The molecule has 0 saturated carbocycles. The molecule has 0 bridgehead atoms. The molecule has 1 rings (SSSR count). The lowest BCUT2D eigenvalue weighted by molar-refractivity contribution is 0.340. The van der Waals surface area contributed by atoms with Crippen LogP contribution in [0.25, 0.3) is 0 Å². The Labute approximate surface area is 115 Å². The van der Waals surface area contributed by atoms with Gasteiger partial charge in [-0.25, -0.2) is 8.42 Å². The van der Waals surface area contributed by atoms with E-state index in [1.165, 1.54) is 0 Å². The zero-order valence-electron chi connectivity index (χ0n) is 11.5. The van der Waals surface area contributed by atoms with Gasteiger partial charge in [0.25, 0.3) is 0 Å². The first-order chi connectivity index (χ1) is 9.07. The van der Waals surface area contributed by atoms with E-state index in [0.717, 1.165) is 18.7 Å². The third kappa shape index (κ3) is 6.45. The average Bonchev–Trinajstić information content (AvgIpc) is 2.37. The van der Waals surface area contributed by atoms with Crippen molar-refractivity contribution in [2.75, 3.05) is 30.7 Å². The number of anilines is 1. The highest BCUT2D eigenvalue weighted by Gasteiger charge is 2.09. The van der Waals surface area contributed by atoms with Crippen molar-refractivity contribution in [1.82, 2.24) is 5.32 Å². The maximum Gasteiger partial charge on any atom is 0.232 e. The van der Waals surface area contributed by atoms with Gasteiger partial charge in [0.2, 0.25) is 10.0 Å². The predicted octanol–water partition coefficient (Wildman–Crippen LogP) is 1.83. The molecule has 0 amide bonds. The van der Waals surface area contributed by atoms with Crippen molar-refractivity contribution in [2.24, 2.45) is 0 Å². The summed E-state index contributed by atoms with van der Waals surface area (Å²) in [4.78, 5) is 0. The molecule has 1 aromatic carbocycles. The second kappa shape index (κ2) is 8.01. The van der Waals surface area contributed by atoms with Crippen molar-refractivity contribution in [2.45, 2.75) is 19.8 Å². The summed E-state index contributed by atoms with van der Waals surface area (Å²) in [6.07, 6.45) is 1.49. The van der Waals surface area contributed by atoms with Crippen LogP contribution in [0, 0.1) is 0 Å². The molecule has 0 radical (unpaired) electrons. The van der Waals surface area contributed by atoms with Crippen LogP contribution in [-0.4, -0.2) is 34.4 Å². The molecule has 0 aliphatic heterocycles. The van der Waals surface area contributed by atoms with Gasteiger partial charge in [-0.3, -0.25) is 4.72 Å². The fraction of sp³-hybridized carbons (Fsp3) is 0.538. The van der Waals surface area contributed by atoms with Crippen molar-refractivity contribution in [3.8, 4) is 5.75 Å².